The van der Waals surface area contributed by atoms with Gasteiger partial charge in [-0.15, -0.1) is 0 Å². The molecule has 3 heteroatoms. The molecule has 0 fully saturated rings. The van der Waals surface area contributed by atoms with Crippen LogP contribution in [0.15, 0.2) is 286 Å². The van der Waals surface area contributed by atoms with Crippen LogP contribution in [0, 0.1) is 0 Å². The Hall–Kier alpha value is -8.60. The number of hydrogen-bond acceptors (Lipinski definition) is 3. The molecule has 7 aliphatic rings. The van der Waals surface area contributed by atoms with Gasteiger partial charge in [0.05, 0.1) is 16.2 Å². The van der Waals surface area contributed by atoms with Gasteiger partial charge in [-0.25, -0.2) is 0 Å². The second-order valence-electron chi connectivity index (χ2n) is 22.0. The Balaban J connectivity index is 0.926. The highest BCUT2D eigenvalue weighted by molar-refractivity contribution is 7.99. The number of nitrogens with zero attached hydrogens (tertiary/aromatic N) is 1. The fraction of sp³-hybridized carbons (Fsp3) is 0.0667. The molecule has 3 spiro atoms. The Labute approximate surface area is 463 Å². The van der Waals surface area contributed by atoms with Gasteiger partial charge in [-0.3, -0.25) is 0 Å². The third-order valence-corrected chi connectivity index (χ3v) is 21.0. The van der Waals surface area contributed by atoms with E-state index >= 15 is 0 Å². The van der Waals surface area contributed by atoms with Gasteiger partial charge in [0, 0.05) is 36.6 Å². The SMILES string of the molecule is C1=CC2=C(CC1)C1(c3ccccc3Sc3ccccc31)c1ccc(N(c3ccc4c(c3)C3(c5ccccc5Sc5ccccc53)c3ccccc3-4)c3ccc4c(c3)C3(c5ccccc5-c5ccccc53)c3ccccc3-4)cc12. The largest absolute Gasteiger partial charge is 0.310 e. The fourth-order valence-corrected chi connectivity index (χ4v) is 18.3. The molecule has 0 radical (unpaired) electrons. The summed E-state index contributed by atoms with van der Waals surface area (Å²) >= 11 is 3.82. The molecule has 78 heavy (non-hydrogen) atoms. The summed E-state index contributed by atoms with van der Waals surface area (Å²) < 4.78 is 0. The number of benzene rings is 11. The van der Waals surface area contributed by atoms with Gasteiger partial charge in [0.25, 0.3) is 0 Å². The van der Waals surface area contributed by atoms with Crippen LogP contribution in [-0.4, -0.2) is 0 Å². The minimum atomic E-state index is -0.524. The van der Waals surface area contributed by atoms with E-state index in [-0.39, 0.29) is 0 Å². The normalized spacial score (nSPS) is 16.5. The lowest BCUT2D eigenvalue weighted by Crippen LogP contribution is -2.33. The van der Waals surface area contributed by atoms with E-state index in [1.165, 1.54) is 131 Å². The minimum Gasteiger partial charge on any atom is -0.310 e. The van der Waals surface area contributed by atoms with Crippen LogP contribution in [0.2, 0.25) is 0 Å². The first-order chi connectivity index (χ1) is 38.7. The summed E-state index contributed by atoms with van der Waals surface area (Å²) in [6.07, 6.45) is 6.90. The molecule has 0 saturated carbocycles. The Morgan fingerprint density at radius 2 is 0.615 bits per heavy atom. The number of hydrogen-bond donors (Lipinski definition) is 0. The van der Waals surface area contributed by atoms with Crippen LogP contribution in [0.5, 0.6) is 0 Å². The van der Waals surface area contributed by atoms with Crippen molar-refractivity contribution in [3.8, 4) is 33.4 Å². The van der Waals surface area contributed by atoms with Crippen molar-refractivity contribution >= 4 is 46.2 Å². The van der Waals surface area contributed by atoms with Crippen LogP contribution in [-0.2, 0) is 16.2 Å². The Morgan fingerprint density at radius 3 is 1.06 bits per heavy atom. The molecule has 364 valence electrons. The van der Waals surface area contributed by atoms with Crippen LogP contribution >= 0.6 is 23.5 Å². The summed E-state index contributed by atoms with van der Waals surface area (Å²) in [5.74, 6) is 0. The summed E-state index contributed by atoms with van der Waals surface area (Å²) in [5.41, 5.74) is 28.9. The van der Waals surface area contributed by atoms with E-state index in [9.17, 15) is 0 Å². The quantitative estimate of drug-likeness (QED) is 0.174. The second kappa shape index (κ2) is 15.8. The summed E-state index contributed by atoms with van der Waals surface area (Å²) in [5, 5.41) is 0. The molecule has 2 heterocycles. The van der Waals surface area contributed by atoms with Gasteiger partial charge in [-0.1, -0.05) is 224 Å². The Bertz CT molecular complexity index is 4400. The number of fused-ring (bicyclic) bond motifs is 27. The van der Waals surface area contributed by atoms with Crippen LogP contribution in [0.25, 0.3) is 39.0 Å². The smallest absolute Gasteiger partial charge is 0.0736 e. The summed E-state index contributed by atoms with van der Waals surface area (Å²) in [6, 6.07) is 95.8. The monoisotopic (exact) mass is 1030 g/mol. The molecular weight excluding hydrogens is 979 g/mol. The fourth-order valence-electron chi connectivity index (χ4n) is 15.9. The molecule has 0 saturated heterocycles. The first-order valence-electron chi connectivity index (χ1n) is 27.5. The molecule has 2 aliphatic heterocycles. The number of rotatable bonds is 3. The van der Waals surface area contributed by atoms with Gasteiger partial charge in [0.15, 0.2) is 0 Å². The van der Waals surface area contributed by atoms with Crippen LogP contribution in [0.4, 0.5) is 17.1 Å². The summed E-state index contributed by atoms with van der Waals surface area (Å²) in [4.78, 5) is 7.91. The Morgan fingerprint density at radius 1 is 0.282 bits per heavy atom. The first-order valence-corrected chi connectivity index (χ1v) is 29.1. The summed E-state index contributed by atoms with van der Waals surface area (Å²) in [7, 11) is 0. The summed E-state index contributed by atoms with van der Waals surface area (Å²) in [6.45, 7) is 0. The van der Waals surface area contributed by atoms with Crippen LogP contribution < -0.4 is 4.90 Å². The van der Waals surface area contributed by atoms with Crippen molar-refractivity contribution in [2.75, 3.05) is 4.90 Å². The molecule has 0 atom stereocenters. The molecule has 0 bridgehead atoms. The maximum absolute atomic E-state index is 2.60. The third kappa shape index (κ3) is 5.27. The predicted octanol–water partition coefficient (Wildman–Crippen LogP) is 19.2. The van der Waals surface area contributed by atoms with Crippen LogP contribution in [0.1, 0.15) is 79.6 Å². The zero-order chi connectivity index (χ0) is 50.9. The second-order valence-corrected chi connectivity index (χ2v) is 24.1. The zero-order valence-corrected chi connectivity index (χ0v) is 44.1. The molecule has 1 nitrogen and oxygen atoms in total. The molecule has 0 amide bonds. The Kier molecular flexibility index (Phi) is 8.79. The molecule has 11 aromatic carbocycles. The molecule has 0 unspecified atom stereocenters. The standard InChI is InChI=1S/C75H47NS2/c1-6-24-57-49(19-1)50-20-2-7-25-58(50)73(57)59-26-8-3-21-51(59)54-40-37-47(44-67(54)73)76(46-39-42-62-56(43-46)53-23-5-10-28-61(53)74(62)63-29-11-15-33-69(63)77-70-34-16-12-30-64(70)74)48-38-41-55-52-22-4-9-27-60(52)75(68(55)45-48)65-31-13-17-35-71(65)78-72-36-18-14-32-66(72)75/h1-9,11-27,29-45H,10,28H2. The van der Waals surface area contributed by atoms with Gasteiger partial charge >= 0.3 is 0 Å². The van der Waals surface area contributed by atoms with Crippen molar-refractivity contribution in [2.45, 2.75) is 48.7 Å². The zero-order valence-electron chi connectivity index (χ0n) is 42.5. The molecule has 0 aromatic heterocycles. The third-order valence-electron chi connectivity index (χ3n) is 18.7. The van der Waals surface area contributed by atoms with E-state index in [1.54, 1.807) is 0 Å². The molecule has 0 N–H and O–H groups in total. The lowest BCUT2D eigenvalue weighted by molar-refractivity contribution is 0.664. The van der Waals surface area contributed by atoms with Crippen molar-refractivity contribution < 1.29 is 0 Å². The van der Waals surface area contributed by atoms with E-state index in [0.717, 1.165) is 29.9 Å². The molecular formula is C75H47NS2. The lowest BCUT2D eigenvalue weighted by Gasteiger charge is -2.41. The van der Waals surface area contributed by atoms with Gasteiger partial charge in [-0.2, -0.15) is 0 Å². The van der Waals surface area contributed by atoms with Gasteiger partial charge in [0.1, 0.15) is 0 Å². The van der Waals surface area contributed by atoms with E-state index in [2.05, 4.69) is 266 Å². The topological polar surface area (TPSA) is 3.24 Å². The lowest BCUT2D eigenvalue weighted by atomic mass is 9.65. The van der Waals surface area contributed by atoms with Crippen molar-refractivity contribution in [1.82, 2.24) is 0 Å². The highest BCUT2D eigenvalue weighted by Crippen LogP contribution is 2.67. The molecule has 18 rings (SSSR count). The maximum Gasteiger partial charge on any atom is 0.0736 e. The first kappa shape index (κ1) is 43.5. The average molecular weight is 1030 g/mol. The van der Waals surface area contributed by atoms with Crippen molar-refractivity contribution in [2.24, 2.45) is 0 Å². The van der Waals surface area contributed by atoms with Crippen LogP contribution in [0.3, 0.4) is 0 Å². The van der Waals surface area contributed by atoms with E-state index in [0.29, 0.717) is 0 Å². The van der Waals surface area contributed by atoms with E-state index in [1.807, 2.05) is 23.5 Å². The number of allylic oxidation sites excluding steroid dienone is 4. The minimum absolute atomic E-state index is 0.391. The van der Waals surface area contributed by atoms with Gasteiger partial charge in [0.2, 0.25) is 0 Å². The molecule has 11 aromatic rings. The highest BCUT2D eigenvalue weighted by atomic mass is 32.2. The van der Waals surface area contributed by atoms with E-state index < -0.39 is 16.2 Å². The average Bonchev–Trinajstić information content (AvgIpc) is 4.37. The van der Waals surface area contributed by atoms with Crippen molar-refractivity contribution in [3.63, 3.8) is 0 Å². The number of anilines is 3. The van der Waals surface area contributed by atoms with E-state index in [4.69, 9.17) is 0 Å². The predicted molar refractivity (Wildman–Crippen MR) is 321 cm³/mol. The van der Waals surface area contributed by atoms with Gasteiger partial charge in [-0.05, 0) is 185 Å². The van der Waals surface area contributed by atoms with Gasteiger partial charge < -0.3 is 4.90 Å². The highest BCUT2D eigenvalue weighted by Gasteiger charge is 2.54. The maximum atomic E-state index is 2.60. The molecule has 5 aliphatic carbocycles. The van der Waals surface area contributed by atoms with Crippen molar-refractivity contribution in [1.29, 1.82) is 0 Å². The van der Waals surface area contributed by atoms with Crippen molar-refractivity contribution in [3.05, 3.63) is 333 Å².